The first-order chi connectivity index (χ1) is 11.6. The van der Waals surface area contributed by atoms with Gasteiger partial charge in [0.2, 0.25) is 0 Å². The fraction of sp³-hybridized carbons (Fsp3) is 0.444. The molecule has 0 radical (unpaired) electrons. The van der Waals surface area contributed by atoms with Crippen LogP contribution in [-0.4, -0.2) is 58.2 Å². The maximum absolute atomic E-state index is 12.6. The molecule has 0 bridgehead atoms. The van der Waals surface area contributed by atoms with Gasteiger partial charge in [0.1, 0.15) is 0 Å². The Morgan fingerprint density at radius 1 is 1.29 bits per heavy atom. The van der Waals surface area contributed by atoms with Gasteiger partial charge in [0.05, 0.1) is 6.54 Å². The summed E-state index contributed by atoms with van der Waals surface area (Å²) >= 11 is 0. The number of aromatic nitrogens is 2. The molecule has 2 N–H and O–H groups in total. The van der Waals surface area contributed by atoms with Gasteiger partial charge in [-0.15, -0.1) is 0 Å². The number of nitrogen functional groups attached to an aromatic ring is 1. The molecule has 6 heteroatoms. The van der Waals surface area contributed by atoms with Gasteiger partial charge >= 0.3 is 0 Å². The quantitative estimate of drug-likeness (QED) is 0.849. The zero-order valence-electron chi connectivity index (χ0n) is 14.1. The SMILES string of the molecule is CN(C(=O)c1cccc(N)c1)C1CCN(CCn2cccn2)CC1. The monoisotopic (exact) mass is 327 g/mol. The van der Waals surface area contributed by atoms with Gasteiger partial charge in [0.15, 0.2) is 0 Å². The van der Waals surface area contributed by atoms with Crippen molar-refractivity contribution in [2.24, 2.45) is 0 Å². The fourth-order valence-corrected chi connectivity index (χ4v) is 3.25. The van der Waals surface area contributed by atoms with Gasteiger partial charge < -0.3 is 15.5 Å². The highest BCUT2D eigenvalue weighted by Crippen LogP contribution is 2.18. The van der Waals surface area contributed by atoms with Crippen molar-refractivity contribution >= 4 is 11.6 Å². The molecular weight excluding hydrogens is 302 g/mol. The van der Waals surface area contributed by atoms with Crippen molar-refractivity contribution in [1.29, 1.82) is 0 Å². The van der Waals surface area contributed by atoms with Gasteiger partial charge in [0.25, 0.3) is 5.91 Å². The minimum Gasteiger partial charge on any atom is -0.399 e. The predicted octanol–water partition coefficient (Wildman–Crippen LogP) is 1.70. The number of hydrogen-bond donors (Lipinski definition) is 1. The van der Waals surface area contributed by atoms with Crippen LogP contribution in [-0.2, 0) is 6.54 Å². The summed E-state index contributed by atoms with van der Waals surface area (Å²) in [5, 5.41) is 4.23. The zero-order valence-corrected chi connectivity index (χ0v) is 14.1. The number of nitrogens with two attached hydrogens (primary N) is 1. The van der Waals surface area contributed by atoms with E-state index in [0.717, 1.165) is 39.0 Å². The fourth-order valence-electron chi connectivity index (χ4n) is 3.25. The minimum absolute atomic E-state index is 0.0530. The molecule has 3 rings (SSSR count). The van der Waals surface area contributed by atoms with Crippen LogP contribution in [0.1, 0.15) is 23.2 Å². The largest absolute Gasteiger partial charge is 0.399 e. The standard InChI is InChI=1S/C18H25N5O/c1-21(18(24)15-4-2-5-16(19)14-15)17-6-10-22(11-7-17)12-13-23-9-3-8-20-23/h2-5,8-9,14,17H,6-7,10-13,19H2,1H3. The van der Waals surface area contributed by atoms with Crippen LogP contribution >= 0.6 is 0 Å². The summed E-state index contributed by atoms with van der Waals surface area (Å²) in [6, 6.07) is 9.44. The molecule has 0 atom stereocenters. The van der Waals surface area contributed by atoms with Crippen molar-refractivity contribution in [3.05, 3.63) is 48.3 Å². The highest BCUT2D eigenvalue weighted by atomic mass is 16.2. The molecule has 1 amide bonds. The van der Waals surface area contributed by atoms with Gasteiger partial charge in [-0.2, -0.15) is 5.10 Å². The van der Waals surface area contributed by atoms with Gasteiger partial charge in [-0.3, -0.25) is 9.48 Å². The normalized spacial score (nSPS) is 16.2. The van der Waals surface area contributed by atoms with Gasteiger partial charge in [-0.05, 0) is 37.1 Å². The third-order valence-electron chi connectivity index (χ3n) is 4.76. The average molecular weight is 327 g/mol. The van der Waals surface area contributed by atoms with E-state index < -0.39 is 0 Å². The van der Waals surface area contributed by atoms with Crippen LogP contribution in [0, 0.1) is 0 Å². The second kappa shape index (κ2) is 7.49. The molecule has 0 unspecified atom stereocenters. The third kappa shape index (κ3) is 3.94. The molecule has 1 aliphatic rings. The maximum Gasteiger partial charge on any atom is 0.253 e. The molecule has 1 aliphatic heterocycles. The maximum atomic E-state index is 12.6. The topological polar surface area (TPSA) is 67.4 Å². The van der Waals surface area contributed by atoms with Gasteiger partial charge in [-0.25, -0.2) is 0 Å². The van der Waals surface area contributed by atoms with Crippen LogP contribution in [0.5, 0.6) is 0 Å². The highest BCUT2D eigenvalue weighted by molar-refractivity contribution is 5.95. The van der Waals surface area contributed by atoms with E-state index in [4.69, 9.17) is 5.73 Å². The number of hydrogen-bond acceptors (Lipinski definition) is 4. The lowest BCUT2D eigenvalue weighted by Gasteiger charge is -2.36. The number of anilines is 1. The Hall–Kier alpha value is -2.34. The van der Waals surface area contributed by atoms with E-state index >= 15 is 0 Å². The Kier molecular flexibility index (Phi) is 5.15. The molecular formula is C18H25N5O. The Morgan fingerprint density at radius 3 is 2.75 bits per heavy atom. The number of likely N-dealkylation sites (tertiary alicyclic amines) is 1. The first-order valence-electron chi connectivity index (χ1n) is 8.46. The Labute approximate surface area is 142 Å². The van der Waals surface area contributed by atoms with Crippen LogP contribution < -0.4 is 5.73 Å². The zero-order chi connectivity index (χ0) is 16.9. The van der Waals surface area contributed by atoms with Crippen molar-refractivity contribution < 1.29 is 4.79 Å². The Balaban J connectivity index is 1.49. The third-order valence-corrected chi connectivity index (χ3v) is 4.76. The summed E-state index contributed by atoms with van der Waals surface area (Å²) in [4.78, 5) is 16.9. The first-order valence-corrected chi connectivity index (χ1v) is 8.46. The van der Waals surface area contributed by atoms with Crippen LogP contribution in [0.4, 0.5) is 5.69 Å². The smallest absolute Gasteiger partial charge is 0.253 e. The summed E-state index contributed by atoms with van der Waals surface area (Å²) in [6.07, 6.45) is 5.81. The molecule has 0 saturated carbocycles. The molecule has 24 heavy (non-hydrogen) atoms. The van der Waals surface area contributed by atoms with Crippen LogP contribution in [0.3, 0.4) is 0 Å². The summed E-state index contributed by atoms with van der Waals surface area (Å²) in [5.41, 5.74) is 7.08. The Bertz CT molecular complexity index is 662. The van der Waals surface area contributed by atoms with Crippen molar-refractivity contribution in [1.82, 2.24) is 19.6 Å². The number of rotatable bonds is 5. The molecule has 0 aliphatic carbocycles. The lowest BCUT2D eigenvalue weighted by atomic mass is 10.0. The van der Waals surface area contributed by atoms with Crippen LogP contribution in [0.15, 0.2) is 42.7 Å². The molecule has 1 fully saturated rings. The Morgan fingerprint density at radius 2 is 2.08 bits per heavy atom. The average Bonchev–Trinajstić information content (AvgIpc) is 3.13. The van der Waals surface area contributed by atoms with E-state index in [0.29, 0.717) is 17.3 Å². The van der Waals surface area contributed by atoms with E-state index in [1.165, 1.54) is 0 Å². The van der Waals surface area contributed by atoms with Crippen molar-refractivity contribution in [3.63, 3.8) is 0 Å². The van der Waals surface area contributed by atoms with E-state index in [1.54, 1.807) is 12.1 Å². The molecule has 2 aromatic rings. The second-order valence-electron chi connectivity index (χ2n) is 6.38. The highest BCUT2D eigenvalue weighted by Gasteiger charge is 2.25. The van der Waals surface area contributed by atoms with Crippen molar-refractivity contribution in [3.8, 4) is 0 Å². The van der Waals surface area contributed by atoms with E-state index in [1.807, 2.05) is 47.2 Å². The number of benzene rings is 1. The molecule has 0 spiro atoms. The number of carbonyl (C=O) groups excluding carboxylic acids is 1. The molecule has 1 saturated heterocycles. The second-order valence-corrected chi connectivity index (χ2v) is 6.38. The number of piperidine rings is 1. The van der Waals surface area contributed by atoms with E-state index in [-0.39, 0.29) is 5.91 Å². The van der Waals surface area contributed by atoms with E-state index in [9.17, 15) is 4.79 Å². The number of carbonyl (C=O) groups is 1. The van der Waals surface area contributed by atoms with Gasteiger partial charge in [-0.1, -0.05) is 6.07 Å². The van der Waals surface area contributed by atoms with Crippen LogP contribution in [0.2, 0.25) is 0 Å². The van der Waals surface area contributed by atoms with Gasteiger partial charge in [0, 0.05) is 56.4 Å². The van der Waals surface area contributed by atoms with Crippen molar-refractivity contribution in [2.75, 3.05) is 32.4 Å². The van der Waals surface area contributed by atoms with Crippen LogP contribution in [0.25, 0.3) is 0 Å². The minimum atomic E-state index is 0.0530. The summed E-state index contributed by atoms with van der Waals surface area (Å²) in [6.45, 7) is 3.94. The summed E-state index contributed by atoms with van der Waals surface area (Å²) in [5.74, 6) is 0.0530. The summed E-state index contributed by atoms with van der Waals surface area (Å²) < 4.78 is 1.96. The molecule has 6 nitrogen and oxygen atoms in total. The van der Waals surface area contributed by atoms with E-state index in [2.05, 4.69) is 10.00 Å². The molecule has 1 aromatic carbocycles. The predicted molar refractivity (Wildman–Crippen MR) is 94.6 cm³/mol. The molecule has 128 valence electrons. The number of nitrogens with zero attached hydrogens (tertiary/aromatic N) is 4. The molecule has 1 aromatic heterocycles. The molecule has 2 heterocycles. The summed E-state index contributed by atoms with van der Waals surface area (Å²) in [7, 11) is 1.90. The van der Waals surface area contributed by atoms with Crippen molar-refractivity contribution in [2.45, 2.75) is 25.4 Å². The lowest BCUT2D eigenvalue weighted by molar-refractivity contribution is 0.0639. The lowest BCUT2D eigenvalue weighted by Crippen LogP contribution is -2.46. The number of amides is 1. The first kappa shape index (κ1) is 16.5.